The van der Waals surface area contributed by atoms with Crippen LogP contribution in [0.2, 0.25) is 0 Å². The standard InChI is InChI=1S/C22H30O4/c1-15(11-17-7-9-19(23-3)21(13-17)25-5)16(2)12-18-8-10-20(24-4)22(14-18)26-6/h7-10,13-16H,11-12H2,1-6H3/t15-,16-/m1/s1. The van der Waals surface area contributed by atoms with Gasteiger partial charge in [0.15, 0.2) is 23.0 Å². The van der Waals surface area contributed by atoms with Crippen LogP contribution in [0.15, 0.2) is 36.4 Å². The third kappa shape index (κ3) is 4.84. The van der Waals surface area contributed by atoms with E-state index in [1.54, 1.807) is 28.4 Å². The van der Waals surface area contributed by atoms with Gasteiger partial charge < -0.3 is 18.9 Å². The van der Waals surface area contributed by atoms with Crippen molar-refractivity contribution in [3.05, 3.63) is 47.5 Å². The van der Waals surface area contributed by atoms with Gasteiger partial charge in [0.2, 0.25) is 0 Å². The molecule has 0 aliphatic heterocycles. The Morgan fingerprint density at radius 2 is 0.923 bits per heavy atom. The van der Waals surface area contributed by atoms with Crippen molar-refractivity contribution in [1.82, 2.24) is 0 Å². The van der Waals surface area contributed by atoms with Gasteiger partial charge in [-0.25, -0.2) is 0 Å². The monoisotopic (exact) mass is 358 g/mol. The number of hydrogen-bond donors (Lipinski definition) is 0. The van der Waals surface area contributed by atoms with Gasteiger partial charge in [-0.1, -0.05) is 26.0 Å². The molecule has 0 spiro atoms. The van der Waals surface area contributed by atoms with Gasteiger partial charge in [0, 0.05) is 0 Å². The van der Waals surface area contributed by atoms with Crippen molar-refractivity contribution in [3.8, 4) is 23.0 Å². The van der Waals surface area contributed by atoms with Crippen LogP contribution in [0.1, 0.15) is 25.0 Å². The molecule has 142 valence electrons. The molecule has 0 fully saturated rings. The normalized spacial score (nSPS) is 13.0. The fourth-order valence-electron chi connectivity index (χ4n) is 3.16. The Morgan fingerprint density at radius 1 is 0.577 bits per heavy atom. The molecule has 2 atom stereocenters. The second-order valence-electron chi connectivity index (χ2n) is 6.74. The highest BCUT2D eigenvalue weighted by molar-refractivity contribution is 5.44. The lowest BCUT2D eigenvalue weighted by Crippen LogP contribution is -2.14. The molecular weight excluding hydrogens is 328 g/mol. The van der Waals surface area contributed by atoms with Crippen LogP contribution < -0.4 is 18.9 Å². The van der Waals surface area contributed by atoms with E-state index in [0.717, 1.165) is 35.8 Å². The van der Waals surface area contributed by atoms with Crippen molar-refractivity contribution < 1.29 is 18.9 Å². The Labute approximate surface area is 157 Å². The average Bonchev–Trinajstić information content (AvgIpc) is 2.67. The first-order chi connectivity index (χ1) is 12.5. The van der Waals surface area contributed by atoms with Crippen LogP contribution in [-0.4, -0.2) is 28.4 Å². The van der Waals surface area contributed by atoms with Gasteiger partial charge in [-0.3, -0.25) is 0 Å². The van der Waals surface area contributed by atoms with E-state index in [1.165, 1.54) is 11.1 Å². The van der Waals surface area contributed by atoms with Crippen molar-refractivity contribution in [3.63, 3.8) is 0 Å². The van der Waals surface area contributed by atoms with Gasteiger partial charge in [-0.2, -0.15) is 0 Å². The number of hydrogen-bond acceptors (Lipinski definition) is 4. The summed E-state index contributed by atoms with van der Waals surface area (Å²) in [6, 6.07) is 12.3. The van der Waals surface area contributed by atoms with Gasteiger partial charge in [0.25, 0.3) is 0 Å². The molecule has 0 radical (unpaired) electrons. The van der Waals surface area contributed by atoms with E-state index in [4.69, 9.17) is 18.9 Å². The largest absolute Gasteiger partial charge is 0.493 e. The summed E-state index contributed by atoms with van der Waals surface area (Å²) in [4.78, 5) is 0. The Kier molecular flexibility index (Phi) is 7.19. The molecule has 0 heterocycles. The molecule has 0 saturated carbocycles. The maximum Gasteiger partial charge on any atom is 0.160 e. The van der Waals surface area contributed by atoms with E-state index in [-0.39, 0.29) is 0 Å². The first kappa shape index (κ1) is 20.0. The zero-order valence-corrected chi connectivity index (χ0v) is 16.7. The van der Waals surface area contributed by atoms with E-state index in [1.807, 2.05) is 12.1 Å². The molecule has 0 aliphatic carbocycles. The van der Waals surface area contributed by atoms with E-state index in [0.29, 0.717) is 11.8 Å². The minimum atomic E-state index is 0.529. The molecule has 0 saturated heterocycles. The van der Waals surface area contributed by atoms with Gasteiger partial charge >= 0.3 is 0 Å². The number of benzene rings is 2. The second kappa shape index (κ2) is 9.37. The molecule has 2 rings (SSSR count). The molecule has 2 aromatic rings. The molecule has 0 aromatic heterocycles. The maximum absolute atomic E-state index is 5.41. The molecule has 0 aliphatic rings. The molecular formula is C22H30O4. The summed E-state index contributed by atoms with van der Waals surface area (Å²) in [5, 5.41) is 0. The van der Waals surface area contributed by atoms with E-state index in [2.05, 4.69) is 38.1 Å². The van der Waals surface area contributed by atoms with Gasteiger partial charge in [-0.15, -0.1) is 0 Å². The number of rotatable bonds is 9. The zero-order chi connectivity index (χ0) is 19.1. The summed E-state index contributed by atoms with van der Waals surface area (Å²) in [6.07, 6.45) is 1.99. The van der Waals surface area contributed by atoms with Crippen LogP contribution in [0.5, 0.6) is 23.0 Å². The fourth-order valence-corrected chi connectivity index (χ4v) is 3.16. The molecule has 0 unspecified atom stereocenters. The lowest BCUT2D eigenvalue weighted by molar-refractivity contribution is 0.350. The third-order valence-corrected chi connectivity index (χ3v) is 4.98. The topological polar surface area (TPSA) is 36.9 Å². The smallest absolute Gasteiger partial charge is 0.160 e. The molecule has 2 aromatic carbocycles. The molecule has 4 heteroatoms. The highest BCUT2D eigenvalue weighted by Crippen LogP contribution is 2.32. The predicted molar refractivity (Wildman–Crippen MR) is 105 cm³/mol. The molecule has 26 heavy (non-hydrogen) atoms. The molecule has 0 bridgehead atoms. The number of ether oxygens (including phenoxy) is 4. The summed E-state index contributed by atoms with van der Waals surface area (Å²) in [7, 11) is 6.66. The first-order valence-electron chi connectivity index (χ1n) is 8.94. The highest BCUT2D eigenvalue weighted by atomic mass is 16.5. The average molecular weight is 358 g/mol. The van der Waals surface area contributed by atoms with Crippen molar-refractivity contribution in [2.75, 3.05) is 28.4 Å². The van der Waals surface area contributed by atoms with Crippen molar-refractivity contribution in [2.24, 2.45) is 11.8 Å². The Bertz CT molecular complexity index is 650. The fraction of sp³-hybridized carbons (Fsp3) is 0.455. The number of methoxy groups -OCH3 is 4. The quantitative estimate of drug-likeness (QED) is 0.646. The molecule has 0 N–H and O–H groups in total. The lowest BCUT2D eigenvalue weighted by atomic mass is 9.85. The highest BCUT2D eigenvalue weighted by Gasteiger charge is 2.16. The summed E-state index contributed by atoms with van der Waals surface area (Å²) in [5.74, 6) is 4.15. The van der Waals surface area contributed by atoms with E-state index in [9.17, 15) is 0 Å². The van der Waals surface area contributed by atoms with Crippen LogP contribution in [0.25, 0.3) is 0 Å². The van der Waals surface area contributed by atoms with Gasteiger partial charge in [0.1, 0.15) is 0 Å². The first-order valence-corrected chi connectivity index (χ1v) is 8.94. The van der Waals surface area contributed by atoms with E-state index >= 15 is 0 Å². The van der Waals surface area contributed by atoms with Gasteiger partial charge in [0.05, 0.1) is 28.4 Å². The summed E-state index contributed by atoms with van der Waals surface area (Å²) in [5.41, 5.74) is 2.52. The van der Waals surface area contributed by atoms with Crippen molar-refractivity contribution in [2.45, 2.75) is 26.7 Å². The predicted octanol–water partition coefficient (Wildman–Crippen LogP) is 4.78. The van der Waals surface area contributed by atoms with Crippen molar-refractivity contribution in [1.29, 1.82) is 0 Å². The van der Waals surface area contributed by atoms with Crippen LogP contribution >= 0.6 is 0 Å². The zero-order valence-electron chi connectivity index (χ0n) is 16.7. The van der Waals surface area contributed by atoms with Crippen LogP contribution in [0.3, 0.4) is 0 Å². The third-order valence-electron chi connectivity index (χ3n) is 4.98. The Balaban J connectivity index is 2.04. The lowest BCUT2D eigenvalue weighted by Gasteiger charge is -2.21. The summed E-state index contributed by atoms with van der Waals surface area (Å²) < 4.78 is 21.5. The summed E-state index contributed by atoms with van der Waals surface area (Å²) in [6.45, 7) is 4.59. The van der Waals surface area contributed by atoms with Crippen LogP contribution in [-0.2, 0) is 12.8 Å². The Hall–Kier alpha value is -2.36. The van der Waals surface area contributed by atoms with Crippen LogP contribution in [0, 0.1) is 11.8 Å². The molecule has 0 amide bonds. The Morgan fingerprint density at radius 3 is 1.23 bits per heavy atom. The SMILES string of the molecule is COc1ccc(C[C@@H](C)[C@H](C)Cc2ccc(OC)c(OC)c2)cc1OC. The molecule has 4 nitrogen and oxygen atoms in total. The van der Waals surface area contributed by atoms with Gasteiger partial charge in [-0.05, 0) is 60.1 Å². The summed E-state index contributed by atoms with van der Waals surface area (Å²) >= 11 is 0. The second-order valence-corrected chi connectivity index (χ2v) is 6.74. The van der Waals surface area contributed by atoms with Crippen LogP contribution in [0.4, 0.5) is 0 Å². The van der Waals surface area contributed by atoms with E-state index < -0.39 is 0 Å². The maximum atomic E-state index is 5.41. The minimum absolute atomic E-state index is 0.529. The minimum Gasteiger partial charge on any atom is -0.493 e. The van der Waals surface area contributed by atoms with Crippen molar-refractivity contribution >= 4 is 0 Å².